The molecule has 0 heterocycles. The minimum absolute atomic E-state index is 0. The Labute approximate surface area is 274 Å². The maximum absolute atomic E-state index is 11.8. The zero-order valence-corrected chi connectivity index (χ0v) is 27.9. The van der Waals surface area contributed by atoms with E-state index in [0.717, 1.165) is 25.0 Å². The molecule has 220 valence electrons. The van der Waals surface area contributed by atoms with Crippen molar-refractivity contribution in [2.45, 2.75) is 39.5 Å². The van der Waals surface area contributed by atoms with Crippen molar-refractivity contribution in [1.82, 2.24) is 0 Å². The Morgan fingerprint density at radius 1 is 0.512 bits per heavy atom. The standard InChI is InChI=1S/2C15H12O2.2C4H9.Sn/c2*16-14(12-7-3-1-4-8-12)11-15(17)13-9-5-2-6-10-13;2*1-3-4-2;/h2*1-11,16H;2*1,3-4H2,2H3;/q;;2*-1;+4/p-2. The van der Waals surface area contributed by atoms with Crippen molar-refractivity contribution in [3.05, 3.63) is 170 Å². The van der Waals surface area contributed by atoms with Gasteiger partial charge in [0.1, 0.15) is 0 Å². The summed E-state index contributed by atoms with van der Waals surface area (Å²) < 4.78 is 0. The minimum Gasteiger partial charge on any atom is -0.872 e. The molecule has 0 aliphatic carbocycles. The Morgan fingerprint density at radius 2 is 0.721 bits per heavy atom. The molecule has 4 rings (SSSR count). The number of allylic oxidation sites excluding steroid dienone is 2. The molecule has 0 aliphatic rings. The second-order valence-electron chi connectivity index (χ2n) is 8.92. The van der Waals surface area contributed by atoms with Crippen LogP contribution in [0.1, 0.15) is 71.4 Å². The molecule has 0 aliphatic heterocycles. The van der Waals surface area contributed by atoms with Crippen molar-refractivity contribution in [1.29, 1.82) is 0 Å². The van der Waals surface area contributed by atoms with Crippen LogP contribution < -0.4 is 10.2 Å². The van der Waals surface area contributed by atoms with Crippen LogP contribution in [0.3, 0.4) is 0 Å². The van der Waals surface area contributed by atoms with Gasteiger partial charge in [0, 0.05) is 11.1 Å². The van der Waals surface area contributed by atoms with Gasteiger partial charge in [-0.3, -0.25) is 9.59 Å². The van der Waals surface area contributed by atoms with Gasteiger partial charge in [0.2, 0.25) is 0 Å². The van der Waals surface area contributed by atoms with Gasteiger partial charge in [0.15, 0.2) is 11.6 Å². The number of carbonyl (C=O) groups excluding carboxylic acids is 2. The molecule has 0 radical (unpaired) electrons. The van der Waals surface area contributed by atoms with Gasteiger partial charge in [-0.15, -0.1) is 0 Å². The first kappa shape index (κ1) is 39.1. The zero-order valence-electron chi connectivity index (χ0n) is 25.1. The average molecular weight is 679 g/mol. The molecule has 5 heteroatoms. The van der Waals surface area contributed by atoms with Crippen LogP contribution in [-0.4, -0.2) is 35.5 Å². The Morgan fingerprint density at radius 3 is 0.930 bits per heavy atom. The molecule has 0 saturated carbocycles. The van der Waals surface area contributed by atoms with Crippen LogP contribution in [0.2, 0.25) is 0 Å². The van der Waals surface area contributed by atoms with Crippen molar-refractivity contribution in [3.63, 3.8) is 0 Å². The molecular formula is C38H40O4Sn. The maximum atomic E-state index is 11.8. The molecule has 0 atom stereocenters. The first-order chi connectivity index (χ1) is 20.4. The molecule has 0 amide bonds. The van der Waals surface area contributed by atoms with Crippen LogP contribution >= 0.6 is 0 Å². The molecule has 0 bridgehead atoms. The second kappa shape index (κ2) is 24.7. The maximum Gasteiger partial charge on any atom is 4.00 e. The summed E-state index contributed by atoms with van der Waals surface area (Å²) in [7, 11) is 0. The number of rotatable bonds is 8. The van der Waals surface area contributed by atoms with Gasteiger partial charge in [-0.05, 0) is 23.3 Å². The average Bonchev–Trinajstić information content (AvgIpc) is 3.06. The van der Waals surface area contributed by atoms with Crippen LogP contribution in [0.15, 0.2) is 133 Å². The van der Waals surface area contributed by atoms with E-state index in [1.54, 1.807) is 97.1 Å². The van der Waals surface area contributed by atoms with Crippen LogP contribution in [0.4, 0.5) is 0 Å². The van der Waals surface area contributed by atoms with Crippen LogP contribution in [0.25, 0.3) is 11.5 Å². The van der Waals surface area contributed by atoms with E-state index in [4.69, 9.17) is 0 Å². The van der Waals surface area contributed by atoms with E-state index < -0.39 is 0 Å². The molecule has 4 aromatic rings. The first-order valence-electron chi connectivity index (χ1n) is 14.0. The topological polar surface area (TPSA) is 80.3 Å². The zero-order chi connectivity index (χ0) is 31.0. The van der Waals surface area contributed by atoms with Gasteiger partial charge in [-0.2, -0.15) is 12.8 Å². The Balaban J connectivity index is 0.000000646. The number of benzene rings is 4. The number of carbonyl (C=O) groups is 2. The van der Waals surface area contributed by atoms with Gasteiger partial charge in [-0.25, -0.2) is 0 Å². The Bertz CT molecular complexity index is 1220. The van der Waals surface area contributed by atoms with Gasteiger partial charge >= 0.3 is 23.9 Å². The number of hydrogen-bond donors (Lipinski definition) is 0. The summed E-state index contributed by atoms with van der Waals surface area (Å²) in [4.78, 5) is 23.5. The number of ketones is 2. The van der Waals surface area contributed by atoms with E-state index in [9.17, 15) is 19.8 Å². The molecule has 0 N–H and O–H groups in total. The fourth-order valence-electron chi connectivity index (χ4n) is 2.98. The van der Waals surface area contributed by atoms with Crippen LogP contribution in [0, 0.1) is 13.8 Å². The van der Waals surface area contributed by atoms with E-state index >= 15 is 0 Å². The van der Waals surface area contributed by atoms with Crippen molar-refractivity contribution >= 4 is 47.0 Å². The van der Waals surface area contributed by atoms with Crippen LogP contribution in [-0.2, 0) is 0 Å². The molecule has 0 aromatic heterocycles. The minimum atomic E-state index is -0.264. The molecule has 0 fully saturated rings. The summed E-state index contributed by atoms with van der Waals surface area (Å²) in [5.74, 6) is -1.06. The van der Waals surface area contributed by atoms with E-state index in [2.05, 4.69) is 27.7 Å². The van der Waals surface area contributed by atoms with Gasteiger partial charge in [-0.1, -0.05) is 160 Å². The van der Waals surface area contributed by atoms with Gasteiger partial charge in [0.05, 0.1) is 0 Å². The van der Waals surface area contributed by atoms with E-state index in [1.165, 1.54) is 12.8 Å². The molecule has 0 unspecified atom stereocenters. The van der Waals surface area contributed by atoms with E-state index in [-0.39, 0.29) is 47.0 Å². The summed E-state index contributed by atoms with van der Waals surface area (Å²) >= 11 is 0. The molecule has 43 heavy (non-hydrogen) atoms. The van der Waals surface area contributed by atoms with Crippen molar-refractivity contribution in [2.75, 3.05) is 0 Å². The molecular weight excluding hydrogens is 639 g/mol. The summed E-state index contributed by atoms with van der Waals surface area (Å²) in [6.07, 6.45) is 6.81. The molecule has 4 aromatic carbocycles. The summed E-state index contributed by atoms with van der Waals surface area (Å²) in [6, 6.07) is 35.0. The third-order valence-corrected chi connectivity index (χ3v) is 5.46. The fourth-order valence-corrected chi connectivity index (χ4v) is 2.98. The SMILES string of the molecule is O=C(C=C([O-])c1ccccc1)c1ccccc1.O=C(C=C([O-])c1ccccc1)c1ccccc1.[CH2-]CCC.[CH2-]CCC.[Sn+4]. The smallest absolute Gasteiger partial charge is 0.872 e. The summed E-state index contributed by atoms with van der Waals surface area (Å²) in [6.45, 7) is 11.4. The molecule has 4 nitrogen and oxygen atoms in total. The molecule has 0 saturated heterocycles. The van der Waals surface area contributed by atoms with E-state index in [1.807, 2.05) is 24.3 Å². The number of hydrogen-bond acceptors (Lipinski definition) is 4. The fraction of sp³-hybridized carbons (Fsp3) is 0.158. The largest absolute Gasteiger partial charge is 4.00 e. The summed E-state index contributed by atoms with van der Waals surface area (Å²) in [5.41, 5.74) is 2.10. The van der Waals surface area contributed by atoms with Crippen LogP contribution in [0.5, 0.6) is 0 Å². The number of unbranched alkanes of at least 4 members (excludes halogenated alkanes) is 2. The third kappa shape index (κ3) is 17.0. The van der Waals surface area contributed by atoms with E-state index in [0.29, 0.717) is 22.3 Å². The Kier molecular flexibility index (Phi) is 22.4. The Hall–Kier alpha value is -3.90. The van der Waals surface area contributed by atoms with Crippen molar-refractivity contribution < 1.29 is 19.8 Å². The monoisotopic (exact) mass is 680 g/mol. The second-order valence-corrected chi connectivity index (χ2v) is 8.92. The predicted molar refractivity (Wildman–Crippen MR) is 177 cm³/mol. The quantitative estimate of drug-likeness (QED) is 0.0640. The third-order valence-electron chi connectivity index (χ3n) is 5.46. The summed E-state index contributed by atoms with van der Waals surface area (Å²) in [5, 5.41) is 23.5. The van der Waals surface area contributed by atoms with Crippen molar-refractivity contribution in [3.8, 4) is 0 Å². The van der Waals surface area contributed by atoms with Gasteiger partial charge < -0.3 is 24.1 Å². The first-order valence-corrected chi connectivity index (χ1v) is 14.0. The normalized spacial score (nSPS) is 10.2. The predicted octanol–water partition coefficient (Wildman–Crippen LogP) is 7.40. The van der Waals surface area contributed by atoms with Crippen molar-refractivity contribution in [2.24, 2.45) is 0 Å². The molecule has 0 spiro atoms. The van der Waals surface area contributed by atoms with Gasteiger partial charge in [0.25, 0.3) is 0 Å².